The van der Waals surface area contributed by atoms with Crippen molar-refractivity contribution in [1.82, 2.24) is 14.8 Å². The van der Waals surface area contributed by atoms with E-state index in [9.17, 15) is 18.0 Å². The predicted octanol–water partition coefficient (Wildman–Crippen LogP) is 5.01. The van der Waals surface area contributed by atoms with E-state index in [1.165, 1.54) is 12.1 Å². The van der Waals surface area contributed by atoms with E-state index < -0.39 is 11.7 Å². The monoisotopic (exact) mass is 455 g/mol. The Hall–Kier alpha value is -3.39. The standard InChI is InChI=1S/C25H24F3N3O2/c26-25(27,28)22-7-3-19(4-8-22)16-20-5-9-23(10-6-20)33-24(32)31-14-12-30(13-15-31)18-21-2-1-11-29-17-21/h1-11,17H,12-16,18H2. The largest absolute Gasteiger partial charge is 0.416 e. The van der Waals surface area contributed by atoms with Crippen LogP contribution in [0.3, 0.4) is 0 Å². The lowest BCUT2D eigenvalue weighted by Gasteiger charge is -2.33. The second kappa shape index (κ2) is 10.0. The maximum atomic E-state index is 12.7. The highest BCUT2D eigenvalue weighted by molar-refractivity contribution is 5.70. The molecule has 2 heterocycles. The molecule has 33 heavy (non-hydrogen) atoms. The van der Waals surface area contributed by atoms with Gasteiger partial charge in [0, 0.05) is 45.1 Å². The summed E-state index contributed by atoms with van der Waals surface area (Å²) in [7, 11) is 0. The maximum Gasteiger partial charge on any atom is 0.416 e. The molecule has 8 heteroatoms. The van der Waals surface area contributed by atoms with Crippen molar-refractivity contribution < 1.29 is 22.7 Å². The number of benzene rings is 2. The number of ether oxygens (including phenoxy) is 1. The van der Waals surface area contributed by atoms with Gasteiger partial charge in [-0.1, -0.05) is 30.3 Å². The summed E-state index contributed by atoms with van der Waals surface area (Å²) >= 11 is 0. The van der Waals surface area contributed by atoms with Crippen LogP contribution in [-0.2, 0) is 19.1 Å². The normalized spacial score (nSPS) is 14.8. The first-order valence-corrected chi connectivity index (χ1v) is 10.7. The molecule has 172 valence electrons. The summed E-state index contributed by atoms with van der Waals surface area (Å²) in [5, 5.41) is 0. The van der Waals surface area contributed by atoms with Gasteiger partial charge in [-0.2, -0.15) is 13.2 Å². The molecule has 5 nitrogen and oxygen atoms in total. The third-order valence-corrected chi connectivity index (χ3v) is 5.58. The molecule has 0 N–H and O–H groups in total. The van der Waals surface area contributed by atoms with Crippen molar-refractivity contribution >= 4 is 6.09 Å². The molecule has 0 radical (unpaired) electrons. The van der Waals surface area contributed by atoms with Crippen molar-refractivity contribution in [2.24, 2.45) is 0 Å². The van der Waals surface area contributed by atoms with Crippen molar-refractivity contribution in [2.75, 3.05) is 26.2 Å². The molecule has 1 amide bonds. The second-order valence-electron chi connectivity index (χ2n) is 8.01. The molecule has 1 aliphatic heterocycles. The van der Waals surface area contributed by atoms with Gasteiger partial charge in [-0.3, -0.25) is 9.88 Å². The predicted molar refractivity (Wildman–Crippen MR) is 118 cm³/mol. The summed E-state index contributed by atoms with van der Waals surface area (Å²) in [6, 6.07) is 16.1. The Kier molecular flexibility index (Phi) is 6.93. The van der Waals surface area contributed by atoms with E-state index in [1.54, 1.807) is 23.2 Å². The summed E-state index contributed by atoms with van der Waals surface area (Å²) in [4.78, 5) is 20.6. The Morgan fingerprint density at radius 1 is 0.879 bits per heavy atom. The van der Waals surface area contributed by atoms with E-state index in [1.807, 2.05) is 30.5 Å². The number of alkyl halides is 3. The third-order valence-electron chi connectivity index (χ3n) is 5.58. The minimum atomic E-state index is -4.34. The van der Waals surface area contributed by atoms with Crippen molar-refractivity contribution in [3.63, 3.8) is 0 Å². The number of carbonyl (C=O) groups excluding carboxylic acids is 1. The lowest BCUT2D eigenvalue weighted by molar-refractivity contribution is -0.137. The number of rotatable bonds is 5. The lowest BCUT2D eigenvalue weighted by Crippen LogP contribution is -2.49. The van der Waals surface area contributed by atoms with Gasteiger partial charge >= 0.3 is 12.3 Å². The Bertz CT molecular complexity index is 1050. The average molecular weight is 455 g/mol. The van der Waals surface area contributed by atoms with Crippen LogP contribution in [0, 0.1) is 0 Å². The van der Waals surface area contributed by atoms with Crippen LogP contribution in [0.25, 0.3) is 0 Å². The first kappa shape index (κ1) is 22.8. The summed E-state index contributed by atoms with van der Waals surface area (Å²) in [5.74, 6) is 0.439. The Morgan fingerprint density at radius 2 is 1.52 bits per heavy atom. The zero-order valence-corrected chi connectivity index (χ0v) is 18.0. The molecular weight excluding hydrogens is 431 g/mol. The summed E-state index contributed by atoms with van der Waals surface area (Å²) in [6.45, 7) is 3.50. The Labute approximate surface area is 190 Å². The second-order valence-corrected chi connectivity index (χ2v) is 8.01. The van der Waals surface area contributed by atoms with Gasteiger partial charge < -0.3 is 9.64 Å². The highest BCUT2D eigenvalue weighted by Crippen LogP contribution is 2.29. The van der Waals surface area contributed by atoms with Gasteiger partial charge in [0.15, 0.2) is 0 Å². The van der Waals surface area contributed by atoms with Gasteiger partial charge in [-0.15, -0.1) is 0 Å². The smallest absolute Gasteiger partial charge is 0.410 e. The Morgan fingerprint density at radius 3 is 2.09 bits per heavy atom. The molecule has 1 fully saturated rings. The third kappa shape index (κ3) is 6.32. The van der Waals surface area contributed by atoms with Crippen LogP contribution < -0.4 is 4.74 Å². The van der Waals surface area contributed by atoms with Gasteiger partial charge in [0.2, 0.25) is 0 Å². The number of amides is 1. The van der Waals surface area contributed by atoms with Crippen LogP contribution in [0.4, 0.5) is 18.0 Å². The van der Waals surface area contributed by atoms with E-state index in [2.05, 4.69) is 9.88 Å². The van der Waals surface area contributed by atoms with Crippen LogP contribution in [0.5, 0.6) is 5.75 Å². The van der Waals surface area contributed by atoms with Crippen molar-refractivity contribution in [2.45, 2.75) is 19.1 Å². The molecule has 0 atom stereocenters. The quantitative estimate of drug-likeness (QED) is 0.543. The molecule has 1 aliphatic rings. The first-order chi connectivity index (χ1) is 15.9. The number of nitrogens with zero attached hydrogens (tertiary/aromatic N) is 3. The Balaban J connectivity index is 1.25. The van der Waals surface area contributed by atoms with Crippen LogP contribution in [0.15, 0.2) is 73.1 Å². The number of aromatic nitrogens is 1. The van der Waals surface area contributed by atoms with Gasteiger partial charge in [0.25, 0.3) is 0 Å². The fourth-order valence-corrected chi connectivity index (χ4v) is 3.73. The van der Waals surface area contributed by atoms with E-state index in [0.29, 0.717) is 25.3 Å². The number of hydrogen-bond acceptors (Lipinski definition) is 4. The van der Waals surface area contributed by atoms with Crippen LogP contribution in [-0.4, -0.2) is 47.1 Å². The molecule has 1 saturated heterocycles. The maximum absolute atomic E-state index is 12.7. The highest BCUT2D eigenvalue weighted by atomic mass is 19.4. The van der Waals surface area contributed by atoms with Gasteiger partial charge in [0.05, 0.1) is 5.56 Å². The number of halogens is 3. The minimum absolute atomic E-state index is 0.383. The van der Waals surface area contributed by atoms with Crippen LogP contribution in [0.2, 0.25) is 0 Å². The van der Waals surface area contributed by atoms with Gasteiger partial charge in [0.1, 0.15) is 5.75 Å². The lowest BCUT2D eigenvalue weighted by atomic mass is 10.0. The fraction of sp³-hybridized carbons (Fsp3) is 0.280. The van der Waals surface area contributed by atoms with E-state index in [4.69, 9.17) is 4.74 Å². The SMILES string of the molecule is O=C(Oc1ccc(Cc2ccc(C(F)(F)F)cc2)cc1)N1CCN(Cc2cccnc2)CC1. The van der Waals surface area contributed by atoms with Crippen LogP contribution in [0.1, 0.15) is 22.3 Å². The highest BCUT2D eigenvalue weighted by Gasteiger charge is 2.30. The zero-order valence-electron chi connectivity index (χ0n) is 18.0. The summed E-state index contributed by atoms with van der Waals surface area (Å²) in [6.07, 6.45) is -0.631. The van der Waals surface area contributed by atoms with Gasteiger partial charge in [-0.05, 0) is 53.4 Å². The topological polar surface area (TPSA) is 45.7 Å². The van der Waals surface area contributed by atoms with E-state index in [0.717, 1.165) is 48.5 Å². The molecule has 1 aromatic heterocycles. The van der Waals surface area contributed by atoms with E-state index >= 15 is 0 Å². The van der Waals surface area contributed by atoms with Crippen molar-refractivity contribution in [3.8, 4) is 5.75 Å². The summed E-state index contributed by atoms with van der Waals surface area (Å²) < 4.78 is 43.6. The minimum Gasteiger partial charge on any atom is -0.410 e. The van der Waals surface area contributed by atoms with E-state index in [-0.39, 0.29) is 6.09 Å². The molecule has 0 unspecified atom stereocenters. The number of carbonyl (C=O) groups is 1. The zero-order chi connectivity index (χ0) is 23.3. The van der Waals surface area contributed by atoms with Gasteiger partial charge in [-0.25, -0.2) is 4.79 Å². The molecule has 0 aliphatic carbocycles. The molecular formula is C25H24F3N3O2. The van der Waals surface area contributed by atoms with Crippen molar-refractivity contribution in [1.29, 1.82) is 0 Å². The van der Waals surface area contributed by atoms with Crippen LogP contribution >= 0.6 is 0 Å². The summed E-state index contributed by atoms with van der Waals surface area (Å²) in [5.41, 5.74) is 2.17. The number of piperazine rings is 1. The fourth-order valence-electron chi connectivity index (χ4n) is 3.73. The molecule has 4 rings (SSSR count). The number of pyridine rings is 1. The average Bonchev–Trinajstić information content (AvgIpc) is 2.81. The molecule has 0 spiro atoms. The first-order valence-electron chi connectivity index (χ1n) is 10.7. The molecule has 2 aromatic carbocycles. The molecule has 0 bridgehead atoms. The number of hydrogen-bond donors (Lipinski definition) is 0. The molecule has 0 saturated carbocycles. The molecule has 3 aromatic rings. The van der Waals surface area contributed by atoms with Crippen molar-refractivity contribution in [3.05, 3.63) is 95.3 Å².